The molecule has 1 fully saturated rings. The Labute approximate surface area is 118 Å². The smallest absolute Gasteiger partial charge is 0.260 e. The highest BCUT2D eigenvalue weighted by molar-refractivity contribution is 8.00. The van der Waals surface area contributed by atoms with Crippen molar-refractivity contribution < 1.29 is 8.42 Å². The predicted octanol–water partition coefficient (Wildman–Crippen LogP) is 0.644. The van der Waals surface area contributed by atoms with Crippen LogP contribution in [0.2, 0.25) is 0 Å². The highest BCUT2D eigenvalue weighted by Crippen LogP contribution is 2.29. The first-order valence-corrected chi connectivity index (χ1v) is 8.77. The number of hydrogen-bond acceptors (Lipinski definition) is 5. The van der Waals surface area contributed by atoms with Crippen LogP contribution in [-0.2, 0) is 16.6 Å². The lowest BCUT2D eigenvalue weighted by atomic mass is 10.2. The average Bonchev–Trinajstić information content (AvgIpc) is 2.82. The van der Waals surface area contributed by atoms with E-state index in [0.29, 0.717) is 23.9 Å². The minimum Gasteiger partial charge on any atom is -0.316 e. The van der Waals surface area contributed by atoms with Crippen molar-refractivity contribution in [3.8, 4) is 0 Å². The lowest BCUT2D eigenvalue weighted by Crippen LogP contribution is -2.48. The zero-order chi connectivity index (χ0) is 14.0. The predicted molar refractivity (Wildman–Crippen MR) is 76.6 cm³/mol. The molecule has 1 aliphatic heterocycles. The van der Waals surface area contributed by atoms with Gasteiger partial charge in [0.25, 0.3) is 10.0 Å². The van der Waals surface area contributed by atoms with Crippen molar-refractivity contribution >= 4 is 21.8 Å². The van der Waals surface area contributed by atoms with Crippen molar-refractivity contribution in [3.63, 3.8) is 0 Å². The van der Waals surface area contributed by atoms with Gasteiger partial charge in [-0.25, -0.2) is 8.42 Å². The highest BCUT2D eigenvalue weighted by Gasteiger charge is 2.36. The van der Waals surface area contributed by atoms with Gasteiger partial charge < -0.3 is 5.32 Å². The fourth-order valence-corrected chi connectivity index (χ4v) is 5.30. The molecule has 0 bridgehead atoms. The summed E-state index contributed by atoms with van der Waals surface area (Å²) in [5.74, 6) is 0.834. The first-order valence-electron chi connectivity index (χ1n) is 6.28. The van der Waals surface area contributed by atoms with Crippen LogP contribution in [0.3, 0.4) is 0 Å². The standard InChI is InChI=1S/C11H20N4O2S2/c1-8-9(2)18-5-4-15(8)19(16,17)11-10(6-12-3)7-13-14-11/h7-9,12H,4-6H2,1-3H3,(H,13,14). The first kappa shape index (κ1) is 14.8. The third-order valence-corrected chi connectivity index (χ3v) is 6.78. The number of hydrogen-bond donors (Lipinski definition) is 2. The summed E-state index contributed by atoms with van der Waals surface area (Å²) in [6.45, 7) is 5.06. The Hall–Kier alpha value is -0.570. The fourth-order valence-electron chi connectivity index (χ4n) is 2.20. The summed E-state index contributed by atoms with van der Waals surface area (Å²) in [4.78, 5) is 0. The quantitative estimate of drug-likeness (QED) is 0.854. The largest absolute Gasteiger partial charge is 0.316 e. The molecule has 1 aromatic heterocycles. The molecule has 0 saturated carbocycles. The molecule has 0 aliphatic carbocycles. The molecule has 0 aromatic carbocycles. The van der Waals surface area contributed by atoms with E-state index in [0.717, 1.165) is 5.75 Å². The van der Waals surface area contributed by atoms with Crippen LogP contribution in [0.4, 0.5) is 0 Å². The van der Waals surface area contributed by atoms with E-state index in [1.54, 1.807) is 17.5 Å². The second-order valence-electron chi connectivity index (χ2n) is 4.69. The molecule has 2 N–H and O–H groups in total. The van der Waals surface area contributed by atoms with E-state index in [-0.39, 0.29) is 11.1 Å². The number of thioether (sulfide) groups is 1. The Kier molecular flexibility index (Phi) is 4.54. The molecule has 0 amide bonds. The molecule has 2 atom stereocenters. The second kappa shape index (κ2) is 5.82. The normalized spacial score (nSPS) is 25.6. The van der Waals surface area contributed by atoms with Crippen molar-refractivity contribution in [2.75, 3.05) is 19.3 Å². The molecule has 1 aliphatic rings. The molecule has 6 nitrogen and oxygen atoms in total. The van der Waals surface area contributed by atoms with Crippen LogP contribution in [0.25, 0.3) is 0 Å². The number of H-pyrrole nitrogens is 1. The molecule has 108 valence electrons. The SMILES string of the molecule is CNCc1cn[nH]c1S(=O)(=O)N1CCSC(C)C1C. The number of rotatable bonds is 4. The van der Waals surface area contributed by atoms with Crippen molar-refractivity contribution in [1.82, 2.24) is 19.8 Å². The molecule has 1 saturated heterocycles. The van der Waals surface area contributed by atoms with Gasteiger partial charge in [-0.3, -0.25) is 5.10 Å². The van der Waals surface area contributed by atoms with Crippen LogP contribution >= 0.6 is 11.8 Å². The van der Waals surface area contributed by atoms with Crippen molar-refractivity contribution in [3.05, 3.63) is 11.8 Å². The number of aromatic nitrogens is 2. The third-order valence-electron chi connectivity index (χ3n) is 3.44. The van der Waals surface area contributed by atoms with Gasteiger partial charge in [0, 0.05) is 35.7 Å². The monoisotopic (exact) mass is 304 g/mol. The molecule has 2 rings (SSSR count). The summed E-state index contributed by atoms with van der Waals surface area (Å²) in [7, 11) is -1.71. The average molecular weight is 304 g/mol. The van der Waals surface area contributed by atoms with Crippen LogP contribution in [-0.4, -0.2) is 53.6 Å². The maximum absolute atomic E-state index is 12.7. The molecule has 19 heavy (non-hydrogen) atoms. The molecule has 2 heterocycles. The van der Waals surface area contributed by atoms with Gasteiger partial charge in [0.05, 0.1) is 6.20 Å². The molecule has 1 aromatic rings. The lowest BCUT2D eigenvalue weighted by Gasteiger charge is -2.36. The van der Waals surface area contributed by atoms with Crippen LogP contribution in [0.5, 0.6) is 0 Å². The molecule has 8 heteroatoms. The Morgan fingerprint density at radius 2 is 2.32 bits per heavy atom. The van der Waals surface area contributed by atoms with Gasteiger partial charge in [-0.15, -0.1) is 0 Å². The van der Waals surface area contributed by atoms with E-state index in [4.69, 9.17) is 0 Å². The molecule has 0 radical (unpaired) electrons. The number of nitrogens with zero attached hydrogens (tertiary/aromatic N) is 2. The van der Waals surface area contributed by atoms with Crippen LogP contribution in [0.15, 0.2) is 11.2 Å². The molecular formula is C11H20N4O2S2. The van der Waals surface area contributed by atoms with E-state index >= 15 is 0 Å². The maximum Gasteiger partial charge on any atom is 0.260 e. The molecular weight excluding hydrogens is 284 g/mol. The van der Waals surface area contributed by atoms with Crippen LogP contribution in [0, 0.1) is 0 Å². The van der Waals surface area contributed by atoms with Gasteiger partial charge in [0.2, 0.25) is 0 Å². The van der Waals surface area contributed by atoms with Gasteiger partial charge in [-0.2, -0.15) is 21.2 Å². The Balaban J connectivity index is 2.33. The minimum atomic E-state index is -3.49. The Bertz CT molecular complexity index is 529. The fraction of sp³-hybridized carbons (Fsp3) is 0.727. The van der Waals surface area contributed by atoms with E-state index in [1.165, 1.54) is 0 Å². The number of sulfonamides is 1. The Morgan fingerprint density at radius 1 is 1.58 bits per heavy atom. The summed E-state index contributed by atoms with van der Waals surface area (Å²) in [6.07, 6.45) is 1.57. The molecule has 2 unspecified atom stereocenters. The number of nitrogens with one attached hydrogen (secondary N) is 2. The van der Waals surface area contributed by atoms with E-state index in [2.05, 4.69) is 22.4 Å². The lowest BCUT2D eigenvalue weighted by molar-refractivity contribution is 0.338. The van der Waals surface area contributed by atoms with E-state index in [9.17, 15) is 8.42 Å². The zero-order valence-electron chi connectivity index (χ0n) is 11.4. The van der Waals surface area contributed by atoms with E-state index in [1.807, 2.05) is 18.7 Å². The van der Waals surface area contributed by atoms with Crippen molar-refractivity contribution in [1.29, 1.82) is 0 Å². The summed E-state index contributed by atoms with van der Waals surface area (Å²) in [5.41, 5.74) is 0.681. The van der Waals surface area contributed by atoms with Gasteiger partial charge in [-0.1, -0.05) is 6.92 Å². The summed E-state index contributed by atoms with van der Waals surface area (Å²) >= 11 is 1.81. The summed E-state index contributed by atoms with van der Waals surface area (Å²) < 4.78 is 27.0. The topological polar surface area (TPSA) is 78.1 Å². The maximum atomic E-state index is 12.7. The van der Waals surface area contributed by atoms with Gasteiger partial charge in [0.1, 0.15) is 0 Å². The van der Waals surface area contributed by atoms with Crippen molar-refractivity contribution in [2.45, 2.75) is 36.7 Å². The third kappa shape index (κ3) is 2.81. The molecule has 0 spiro atoms. The van der Waals surface area contributed by atoms with E-state index < -0.39 is 10.0 Å². The number of aromatic amines is 1. The van der Waals surface area contributed by atoms with Gasteiger partial charge in [0.15, 0.2) is 5.03 Å². The summed E-state index contributed by atoms with van der Waals surface area (Å²) in [5, 5.41) is 9.99. The van der Waals surface area contributed by atoms with Gasteiger partial charge in [-0.05, 0) is 14.0 Å². The zero-order valence-corrected chi connectivity index (χ0v) is 13.0. The van der Waals surface area contributed by atoms with Gasteiger partial charge >= 0.3 is 0 Å². The van der Waals surface area contributed by atoms with Crippen molar-refractivity contribution in [2.24, 2.45) is 0 Å². The Morgan fingerprint density at radius 3 is 3.00 bits per heavy atom. The highest BCUT2D eigenvalue weighted by atomic mass is 32.2. The minimum absolute atomic E-state index is 0.00511. The first-order chi connectivity index (χ1) is 8.98. The van der Waals surface area contributed by atoms with Crippen LogP contribution < -0.4 is 5.32 Å². The second-order valence-corrected chi connectivity index (χ2v) is 8.00. The van der Waals surface area contributed by atoms with Crippen LogP contribution in [0.1, 0.15) is 19.4 Å². The summed E-state index contributed by atoms with van der Waals surface area (Å²) in [6, 6.07) is -0.00511.